The van der Waals surface area contributed by atoms with Crippen LogP contribution >= 0.6 is 12.4 Å². The fourth-order valence-electron chi connectivity index (χ4n) is 2.18. The molecule has 0 aliphatic rings. The van der Waals surface area contributed by atoms with E-state index in [2.05, 4.69) is 10.6 Å². The van der Waals surface area contributed by atoms with Crippen molar-refractivity contribution in [2.45, 2.75) is 19.9 Å². The highest BCUT2D eigenvalue weighted by Crippen LogP contribution is 2.33. The first-order chi connectivity index (χ1) is 12.6. The molecule has 9 nitrogen and oxygen atoms in total. The van der Waals surface area contributed by atoms with Gasteiger partial charge in [-0.15, -0.1) is 12.4 Å². The monoisotopic (exact) mass is 416 g/mol. The third kappa shape index (κ3) is 6.58. The number of carbonyl (C=O) groups excluding carboxylic acids is 3. The number of nitrogens with two attached hydrogens (primary N) is 1. The van der Waals surface area contributed by atoms with Crippen molar-refractivity contribution in [3.05, 3.63) is 17.7 Å². The number of methoxy groups -OCH3 is 2. The molecule has 1 aromatic rings. The first-order valence-electron chi connectivity index (χ1n) is 8.43. The zero-order valence-electron chi connectivity index (χ0n) is 17.0. The number of hydrogen-bond acceptors (Lipinski definition) is 6. The molecule has 0 aromatic heterocycles. The molecule has 0 heterocycles. The number of benzene rings is 1. The van der Waals surface area contributed by atoms with Gasteiger partial charge in [-0.3, -0.25) is 14.4 Å². The minimum absolute atomic E-state index is 0. The van der Waals surface area contributed by atoms with Crippen LogP contribution in [0.15, 0.2) is 12.1 Å². The zero-order valence-corrected chi connectivity index (χ0v) is 17.8. The standard InChI is InChI=1S/C18H28N4O5.ClH/c1-10(2)16(19)17(24)20-9-15(23)21-12-8-14(27-6)13(26-5)7-11(12)18(25)22(3)4;/h7-8,10,16H,9,19H2,1-6H3,(H,20,24)(H,21,23);1H/t16-;/m0./s1. The molecule has 3 amide bonds. The van der Waals surface area contributed by atoms with Gasteiger partial charge in [-0.05, 0) is 12.0 Å². The maximum atomic E-state index is 12.4. The Morgan fingerprint density at radius 3 is 2.11 bits per heavy atom. The van der Waals surface area contributed by atoms with Crippen LogP contribution in [0.3, 0.4) is 0 Å². The van der Waals surface area contributed by atoms with Gasteiger partial charge < -0.3 is 30.7 Å². The summed E-state index contributed by atoms with van der Waals surface area (Å²) in [6.07, 6.45) is 0. The van der Waals surface area contributed by atoms with Crippen LogP contribution in [0.5, 0.6) is 11.5 Å². The van der Waals surface area contributed by atoms with Gasteiger partial charge in [0.05, 0.1) is 38.1 Å². The quantitative estimate of drug-likeness (QED) is 0.577. The molecule has 0 aliphatic heterocycles. The van der Waals surface area contributed by atoms with Crippen molar-refractivity contribution in [1.82, 2.24) is 10.2 Å². The molecule has 10 heteroatoms. The van der Waals surface area contributed by atoms with E-state index in [4.69, 9.17) is 15.2 Å². The SMILES string of the molecule is COc1cc(NC(=O)CNC(=O)[C@@H](N)C(C)C)c(C(=O)N(C)C)cc1OC.Cl. The first-order valence-corrected chi connectivity index (χ1v) is 8.43. The highest BCUT2D eigenvalue weighted by atomic mass is 35.5. The van der Waals surface area contributed by atoms with E-state index in [1.807, 2.05) is 13.8 Å². The lowest BCUT2D eigenvalue weighted by Gasteiger charge is -2.18. The van der Waals surface area contributed by atoms with E-state index in [9.17, 15) is 14.4 Å². The van der Waals surface area contributed by atoms with Crippen LogP contribution in [0.25, 0.3) is 0 Å². The van der Waals surface area contributed by atoms with E-state index in [1.165, 1.54) is 31.3 Å². The number of ether oxygens (including phenoxy) is 2. The van der Waals surface area contributed by atoms with E-state index >= 15 is 0 Å². The lowest BCUT2D eigenvalue weighted by molar-refractivity contribution is -0.125. The van der Waals surface area contributed by atoms with Crippen molar-refractivity contribution < 1.29 is 23.9 Å². The van der Waals surface area contributed by atoms with Crippen LogP contribution in [0.4, 0.5) is 5.69 Å². The van der Waals surface area contributed by atoms with Crippen molar-refractivity contribution in [2.75, 3.05) is 40.2 Å². The van der Waals surface area contributed by atoms with Gasteiger partial charge in [-0.2, -0.15) is 0 Å². The summed E-state index contributed by atoms with van der Waals surface area (Å²) in [5, 5.41) is 5.10. The van der Waals surface area contributed by atoms with Gasteiger partial charge in [0, 0.05) is 20.2 Å². The molecule has 28 heavy (non-hydrogen) atoms. The Labute approximate surface area is 171 Å². The maximum Gasteiger partial charge on any atom is 0.255 e. The Balaban J connectivity index is 0.00000729. The molecular weight excluding hydrogens is 388 g/mol. The van der Waals surface area contributed by atoms with E-state index in [1.54, 1.807) is 14.1 Å². The van der Waals surface area contributed by atoms with Gasteiger partial charge in [0.1, 0.15) is 0 Å². The summed E-state index contributed by atoms with van der Waals surface area (Å²) in [7, 11) is 6.09. The molecule has 0 saturated heterocycles. The number of halogens is 1. The number of amides is 3. The third-order valence-corrected chi connectivity index (χ3v) is 3.88. The zero-order chi connectivity index (χ0) is 20.7. The third-order valence-electron chi connectivity index (χ3n) is 3.88. The molecule has 158 valence electrons. The Morgan fingerprint density at radius 2 is 1.64 bits per heavy atom. The second kappa shape index (κ2) is 11.4. The molecule has 4 N–H and O–H groups in total. The number of nitrogens with one attached hydrogen (secondary N) is 2. The highest BCUT2D eigenvalue weighted by Gasteiger charge is 2.21. The van der Waals surface area contributed by atoms with Crippen LogP contribution in [-0.2, 0) is 9.59 Å². The molecule has 0 fully saturated rings. The van der Waals surface area contributed by atoms with Crippen LogP contribution in [0.2, 0.25) is 0 Å². The second-order valence-corrected chi connectivity index (χ2v) is 6.49. The molecule has 1 aromatic carbocycles. The molecule has 0 spiro atoms. The lowest BCUT2D eigenvalue weighted by Crippen LogP contribution is -2.46. The number of nitrogens with zero attached hydrogens (tertiary/aromatic N) is 1. The molecule has 0 aliphatic carbocycles. The van der Waals surface area contributed by atoms with Gasteiger partial charge in [0.25, 0.3) is 5.91 Å². The van der Waals surface area contributed by atoms with Gasteiger partial charge in [-0.1, -0.05) is 13.8 Å². The summed E-state index contributed by atoms with van der Waals surface area (Å²) in [4.78, 5) is 37.9. The van der Waals surface area contributed by atoms with Crippen molar-refractivity contribution >= 4 is 35.8 Å². The average molecular weight is 417 g/mol. The van der Waals surface area contributed by atoms with E-state index in [-0.39, 0.29) is 42.0 Å². The van der Waals surface area contributed by atoms with Gasteiger partial charge >= 0.3 is 0 Å². The number of hydrogen-bond donors (Lipinski definition) is 3. The molecule has 0 saturated carbocycles. The molecule has 1 atom stereocenters. The first kappa shape index (κ1) is 25.5. The average Bonchev–Trinajstić information content (AvgIpc) is 2.64. The van der Waals surface area contributed by atoms with Crippen molar-refractivity contribution in [3.63, 3.8) is 0 Å². The Kier molecular flexibility index (Phi) is 10.3. The van der Waals surface area contributed by atoms with Crippen LogP contribution in [-0.4, -0.2) is 63.5 Å². The van der Waals surface area contributed by atoms with Crippen molar-refractivity contribution in [1.29, 1.82) is 0 Å². The number of anilines is 1. The molecular formula is C18H29ClN4O5. The fraction of sp³-hybridized carbons (Fsp3) is 0.500. The smallest absolute Gasteiger partial charge is 0.255 e. The summed E-state index contributed by atoms with van der Waals surface area (Å²) in [6, 6.07) is 2.28. The summed E-state index contributed by atoms with van der Waals surface area (Å²) < 4.78 is 10.4. The summed E-state index contributed by atoms with van der Waals surface area (Å²) in [5.74, 6) is -0.581. The van der Waals surface area contributed by atoms with E-state index in [0.29, 0.717) is 11.5 Å². The van der Waals surface area contributed by atoms with Crippen molar-refractivity contribution in [2.24, 2.45) is 11.7 Å². The minimum atomic E-state index is -0.704. The normalized spacial score (nSPS) is 11.1. The van der Waals surface area contributed by atoms with Crippen molar-refractivity contribution in [3.8, 4) is 11.5 Å². The number of carbonyl (C=O) groups is 3. The van der Waals surface area contributed by atoms with Gasteiger partial charge in [0.15, 0.2) is 11.5 Å². The second-order valence-electron chi connectivity index (χ2n) is 6.49. The summed E-state index contributed by atoms with van der Waals surface area (Å²) in [5.41, 5.74) is 6.22. The Morgan fingerprint density at radius 1 is 1.11 bits per heavy atom. The topological polar surface area (TPSA) is 123 Å². The highest BCUT2D eigenvalue weighted by molar-refractivity contribution is 6.05. The molecule has 1 rings (SSSR count). The molecule has 0 unspecified atom stereocenters. The van der Waals surface area contributed by atoms with E-state index in [0.717, 1.165) is 0 Å². The van der Waals surface area contributed by atoms with Crippen LogP contribution in [0, 0.1) is 5.92 Å². The van der Waals surface area contributed by atoms with Crippen LogP contribution < -0.4 is 25.8 Å². The maximum absolute atomic E-state index is 12.4. The predicted octanol–water partition coefficient (Wildman–Crippen LogP) is 0.865. The van der Waals surface area contributed by atoms with Gasteiger partial charge in [-0.25, -0.2) is 0 Å². The Hall–Kier alpha value is -2.52. The number of rotatable bonds is 8. The summed E-state index contributed by atoms with van der Waals surface area (Å²) in [6.45, 7) is 3.35. The minimum Gasteiger partial charge on any atom is -0.493 e. The molecule has 0 bridgehead atoms. The Bertz CT molecular complexity index is 709. The fourth-order valence-corrected chi connectivity index (χ4v) is 2.18. The predicted molar refractivity (Wildman–Crippen MR) is 109 cm³/mol. The lowest BCUT2D eigenvalue weighted by atomic mass is 10.1. The molecule has 0 radical (unpaired) electrons. The largest absolute Gasteiger partial charge is 0.493 e. The summed E-state index contributed by atoms with van der Waals surface area (Å²) >= 11 is 0. The van der Waals surface area contributed by atoms with Crippen LogP contribution in [0.1, 0.15) is 24.2 Å². The van der Waals surface area contributed by atoms with E-state index < -0.39 is 17.9 Å². The van der Waals surface area contributed by atoms with Gasteiger partial charge in [0.2, 0.25) is 11.8 Å².